The average molecular weight is 312 g/mol. The first-order valence-electron chi connectivity index (χ1n) is 6.21. The summed E-state index contributed by atoms with van der Waals surface area (Å²) in [7, 11) is 0. The van der Waals surface area contributed by atoms with Gasteiger partial charge in [-0.05, 0) is 18.1 Å². The summed E-state index contributed by atoms with van der Waals surface area (Å²) in [4.78, 5) is 4.31. The normalized spacial score (nSPS) is 10.7. The molecule has 0 unspecified atom stereocenters. The zero-order valence-electron chi connectivity index (χ0n) is 11.2. The number of nitrogens with zero attached hydrogens (tertiary/aromatic N) is 3. The van der Waals surface area contributed by atoms with Gasteiger partial charge in [-0.2, -0.15) is 10.1 Å². The van der Waals surface area contributed by atoms with Gasteiger partial charge in [-0.3, -0.25) is 0 Å². The van der Waals surface area contributed by atoms with Crippen LogP contribution in [-0.2, 0) is 0 Å². The molecule has 0 bridgehead atoms. The van der Waals surface area contributed by atoms with Crippen LogP contribution in [0.25, 0.3) is 0 Å². The zero-order chi connectivity index (χ0) is 14.5. The Hall–Kier alpha value is -1.59. The van der Waals surface area contributed by atoms with Crippen LogP contribution in [0.4, 0.5) is 17.5 Å². The van der Waals surface area contributed by atoms with Crippen LogP contribution < -0.4 is 10.6 Å². The van der Waals surface area contributed by atoms with E-state index >= 15 is 0 Å². The molecule has 1 heterocycles. The molecule has 0 atom stereocenters. The minimum absolute atomic E-state index is 0.341. The van der Waals surface area contributed by atoms with Gasteiger partial charge in [0.25, 0.3) is 0 Å². The van der Waals surface area contributed by atoms with Gasteiger partial charge in [0.1, 0.15) is 0 Å². The Morgan fingerprint density at radius 1 is 1.20 bits per heavy atom. The fraction of sp³-hybridized carbons (Fsp3) is 0.308. The third kappa shape index (κ3) is 3.95. The molecule has 20 heavy (non-hydrogen) atoms. The molecule has 2 rings (SSSR count). The van der Waals surface area contributed by atoms with E-state index < -0.39 is 0 Å². The fourth-order valence-electron chi connectivity index (χ4n) is 1.48. The monoisotopic (exact) mass is 311 g/mol. The number of benzene rings is 1. The summed E-state index contributed by atoms with van der Waals surface area (Å²) in [6, 6.07) is 5.25. The van der Waals surface area contributed by atoms with Crippen molar-refractivity contribution in [3.8, 4) is 0 Å². The molecule has 5 nitrogen and oxygen atoms in total. The van der Waals surface area contributed by atoms with Gasteiger partial charge in [0, 0.05) is 6.54 Å². The van der Waals surface area contributed by atoms with Crippen LogP contribution in [0.3, 0.4) is 0 Å². The molecule has 0 saturated carbocycles. The predicted molar refractivity (Wildman–Crippen MR) is 82.9 cm³/mol. The molecule has 1 aromatic heterocycles. The number of anilines is 3. The number of halogens is 2. The fourth-order valence-corrected chi connectivity index (χ4v) is 1.97. The second kappa shape index (κ2) is 6.72. The summed E-state index contributed by atoms with van der Waals surface area (Å²) in [5, 5.41) is 15.0. The van der Waals surface area contributed by atoms with E-state index in [0.717, 1.165) is 6.54 Å². The maximum atomic E-state index is 6.08. The topological polar surface area (TPSA) is 62.7 Å². The average Bonchev–Trinajstić information content (AvgIpc) is 2.41. The lowest BCUT2D eigenvalue weighted by molar-refractivity contribution is 0.686. The van der Waals surface area contributed by atoms with E-state index in [1.165, 1.54) is 0 Å². The summed E-state index contributed by atoms with van der Waals surface area (Å²) < 4.78 is 0. The Morgan fingerprint density at radius 3 is 2.55 bits per heavy atom. The van der Waals surface area contributed by atoms with Crippen molar-refractivity contribution in [2.24, 2.45) is 5.92 Å². The number of aromatic nitrogens is 3. The van der Waals surface area contributed by atoms with Crippen molar-refractivity contribution in [1.29, 1.82) is 0 Å². The maximum absolute atomic E-state index is 6.08. The second-order valence-corrected chi connectivity index (χ2v) is 5.48. The van der Waals surface area contributed by atoms with E-state index in [0.29, 0.717) is 33.4 Å². The van der Waals surface area contributed by atoms with Gasteiger partial charge in [0.15, 0.2) is 5.82 Å². The molecule has 2 aromatic rings. The molecule has 106 valence electrons. The van der Waals surface area contributed by atoms with E-state index in [2.05, 4.69) is 39.7 Å². The van der Waals surface area contributed by atoms with Gasteiger partial charge in [-0.25, -0.2) is 0 Å². The number of nitrogens with one attached hydrogen (secondary N) is 2. The maximum Gasteiger partial charge on any atom is 0.249 e. The standard InChI is InChI=1S/C13H15Cl2N5/c1-8(2)6-16-11-7-17-20-13(18-11)19-12-9(14)4-3-5-10(12)15/h3-5,7-8H,6H2,1-2H3,(H2,16,18,19,20). The van der Waals surface area contributed by atoms with Gasteiger partial charge in [-0.15, -0.1) is 5.10 Å². The predicted octanol–water partition coefficient (Wildman–Crippen LogP) is 3.99. The highest BCUT2D eigenvalue weighted by Gasteiger charge is 2.08. The quantitative estimate of drug-likeness (QED) is 0.874. The van der Waals surface area contributed by atoms with Crippen LogP contribution in [0.2, 0.25) is 10.0 Å². The van der Waals surface area contributed by atoms with Gasteiger partial charge >= 0.3 is 0 Å². The Bertz CT molecular complexity index is 568. The highest BCUT2D eigenvalue weighted by atomic mass is 35.5. The van der Waals surface area contributed by atoms with E-state index in [4.69, 9.17) is 23.2 Å². The lowest BCUT2D eigenvalue weighted by atomic mass is 10.2. The molecule has 0 radical (unpaired) electrons. The zero-order valence-corrected chi connectivity index (χ0v) is 12.7. The van der Waals surface area contributed by atoms with Crippen molar-refractivity contribution in [2.75, 3.05) is 17.2 Å². The van der Waals surface area contributed by atoms with Crippen molar-refractivity contribution < 1.29 is 0 Å². The van der Waals surface area contributed by atoms with Crippen molar-refractivity contribution in [3.63, 3.8) is 0 Å². The summed E-state index contributed by atoms with van der Waals surface area (Å²) >= 11 is 12.2. The van der Waals surface area contributed by atoms with Gasteiger partial charge in [-0.1, -0.05) is 43.1 Å². The molecule has 0 spiro atoms. The molecule has 0 amide bonds. The second-order valence-electron chi connectivity index (χ2n) is 4.66. The molecular weight excluding hydrogens is 297 g/mol. The number of hydrogen-bond acceptors (Lipinski definition) is 5. The molecular formula is C13H15Cl2N5. The highest BCUT2D eigenvalue weighted by molar-refractivity contribution is 6.39. The van der Waals surface area contributed by atoms with E-state index in [1.807, 2.05) is 0 Å². The summed E-state index contributed by atoms with van der Waals surface area (Å²) in [5.74, 6) is 1.51. The molecule has 1 aromatic carbocycles. The van der Waals surface area contributed by atoms with Crippen LogP contribution in [0.1, 0.15) is 13.8 Å². The minimum atomic E-state index is 0.341. The minimum Gasteiger partial charge on any atom is -0.368 e. The lowest BCUT2D eigenvalue weighted by Gasteiger charge is -2.10. The van der Waals surface area contributed by atoms with Crippen molar-refractivity contribution in [1.82, 2.24) is 15.2 Å². The molecule has 0 fully saturated rings. The Morgan fingerprint density at radius 2 is 1.90 bits per heavy atom. The van der Waals surface area contributed by atoms with Gasteiger partial charge in [0.05, 0.1) is 21.9 Å². The number of hydrogen-bond donors (Lipinski definition) is 2. The largest absolute Gasteiger partial charge is 0.368 e. The molecule has 0 aliphatic heterocycles. The first kappa shape index (κ1) is 14.8. The van der Waals surface area contributed by atoms with Gasteiger partial charge in [0.2, 0.25) is 5.95 Å². The van der Waals surface area contributed by atoms with E-state index in [1.54, 1.807) is 24.4 Å². The summed E-state index contributed by atoms with van der Waals surface area (Å²) in [5.41, 5.74) is 0.568. The third-order valence-electron chi connectivity index (χ3n) is 2.45. The third-order valence-corrected chi connectivity index (χ3v) is 3.08. The lowest BCUT2D eigenvalue weighted by Crippen LogP contribution is -2.11. The molecule has 0 saturated heterocycles. The number of rotatable bonds is 5. The van der Waals surface area contributed by atoms with Gasteiger partial charge < -0.3 is 10.6 Å². The Kier molecular flexibility index (Phi) is 4.98. The SMILES string of the molecule is CC(C)CNc1cnnc(Nc2c(Cl)cccc2Cl)n1. The van der Waals surface area contributed by atoms with Crippen molar-refractivity contribution in [2.45, 2.75) is 13.8 Å². The van der Waals surface area contributed by atoms with E-state index in [9.17, 15) is 0 Å². The van der Waals surface area contributed by atoms with Crippen molar-refractivity contribution >= 4 is 40.7 Å². The van der Waals surface area contributed by atoms with Crippen LogP contribution in [0, 0.1) is 5.92 Å². The Labute approximate surface area is 127 Å². The van der Waals surface area contributed by atoms with Crippen LogP contribution in [-0.4, -0.2) is 21.7 Å². The van der Waals surface area contributed by atoms with Crippen LogP contribution in [0.5, 0.6) is 0 Å². The Balaban J connectivity index is 2.15. The highest BCUT2D eigenvalue weighted by Crippen LogP contribution is 2.31. The molecule has 0 aliphatic carbocycles. The van der Waals surface area contributed by atoms with Crippen LogP contribution in [0.15, 0.2) is 24.4 Å². The molecule has 2 N–H and O–H groups in total. The summed E-state index contributed by atoms with van der Waals surface area (Å²) in [6.07, 6.45) is 1.57. The molecule has 7 heteroatoms. The smallest absolute Gasteiger partial charge is 0.249 e. The first-order valence-corrected chi connectivity index (χ1v) is 6.96. The number of para-hydroxylation sites is 1. The van der Waals surface area contributed by atoms with Crippen LogP contribution >= 0.6 is 23.2 Å². The first-order chi connectivity index (χ1) is 9.56. The molecule has 0 aliphatic rings. The van der Waals surface area contributed by atoms with Crippen molar-refractivity contribution in [3.05, 3.63) is 34.4 Å². The summed E-state index contributed by atoms with van der Waals surface area (Å²) in [6.45, 7) is 5.04. The van der Waals surface area contributed by atoms with E-state index in [-0.39, 0.29) is 0 Å².